The lowest BCUT2D eigenvalue weighted by atomic mass is 10.0. The molecule has 0 spiro atoms. The van der Waals surface area contributed by atoms with Crippen molar-refractivity contribution in [3.63, 3.8) is 0 Å². The third-order valence-electron chi connectivity index (χ3n) is 2.48. The molecular weight excluding hydrogens is 246 g/mol. The van der Waals surface area contributed by atoms with Gasteiger partial charge in [-0.2, -0.15) is 10.5 Å². The lowest BCUT2D eigenvalue weighted by Crippen LogP contribution is -2.29. The molecule has 0 radical (unpaired) electrons. The summed E-state index contributed by atoms with van der Waals surface area (Å²) in [6.07, 6.45) is 0. The minimum Gasteiger partial charge on any atom is -0.333 e. The summed E-state index contributed by atoms with van der Waals surface area (Å²) in [7, 11) is 0. The van der Waals surface area contributed by atoms with Crippen molar-refractivity contribution >= 4 is 23.1 Å². The van der Waals surface area contributed by atoms with Crippen LogP contribution >= 0.6 is 0 Å². The van der Waals surface area contributed by atoms with Crippen molar-refractivity contribution in [2.24, 2.45) is 0 Å². The van der Waals surface area contributed by atoms with Crippen LogP contribution in [0.15, 0.2) is 29.8 Å². The number of anilines is 1. The van der Waals surface area contributed by atoms with Crippen LogP contribution in [0.5, 0.6) is 0 Å². The predicted molar refractivity (Wildman–Crippen MR) is 63.8 cm³/mol. The van der Waals surface area contributed by atoms with E-state index in [0.717, 1.165) is 12.0 Å². The molecule has 6 heteroatoms. The van der Waals surface area contributed by atoms with Gasteiger partial charge in [0.25, 0.3) is 5.91 Å². The lowest BCUT2D eigenvalue weighted by Gasteiger charge is -2.13. The highest BCUT2D eigenvalue weighted by Crippen LogP contribution is 2.38. The van der Waals surface area contributed by atoms with Gasteiger partial charge in [0.05, 0.1) is 11.3 Å². The van der Waals surface area contributed by atoms with Gasteiger partial charge in [-0.1, -0.05) is 18.2 Å². The van der Waals surface area contributed by atoms with Gasteiger partial charge in [0.2, 0.25) is 0 Å². The Morgan fingerprint density at radius 3 is 2.47 bits per heavy atom. The average molecular weight is 253 g/mol. The van der Waals surface area contributed by atoms with Gasteiger partial charge < -0.3 is 4.84 Å². The molecule has 0 aliphatic carbocycles. The number of hydrogen-bond donors (Lipinski definition) is 0. The van der Waals surface area contributed by atoms with Crippen LogP contribution in [0, 0.1) is 22.7 Å². The fourth-order valence-corrected chi connectivity index (χ4v) is 1.79. The summed E-state index contributed by atoms with van der Waals surface area (Å²) in [5.41, 5.74) is 0.363. The number of benzene rings is 1. The second-order valence-corrected chi connectivity index (χ2v) is 3.67. The van der Waals surface area contributed by atoms with Crippen molar-refractivity contribution in [2.45, 2.75) is 6.92 Å². The van der Waals surface area contributed by atoms with Gasteiger partial charge in [-0.15, -0.1) is 5.06 Å². The van der Waals surface area contributed by atoms with Gasteiger partial charge in [0.15, 0.2) is 0 Å². The van der Waals surface area contributed by atoms with Crippen LogP contribution in [0.25, 0.3) is 5.57 Å². The topological polar surface area (TPSA) is 94.2 Å². The van der Waals surface area contributed by atoms with Gasteiger partial charge in [0, 0.05) is 12.5 Å². The standard InChI is InChI=1S/C13H7N3O3/c1-8(17)19-16-11-5-3-2-4-10(11)12(13(16)18)9(6-14)7-15/h2-5H,1H3. The lowest BCUT2D eigenvalue weighted by molar-refractivity contribution is -0.146. The third kappa shape index (κ3) is 1.92. The summed E-state index contributed by atoms with van der Waals surface area (Å²) in [6, 6.07) is 9.81. The van der Waals surface area contributed by atoms with Crippen molar-refractivity contribution in [2.75, 3.05) is 5.06 Å². The molecule has 0 bridgehead atoms. The summed E-state index contributed by atoms with van der Waals surface area (Å²) >= 11 is 0. The third-order valence-corrected chi connectivity index (χ3v) is 2.48. The van der Waals surface area contributed by atoms with Gasteiger partial charge in [-0.3, -0.25) is 4.79 Å². The molecule has 6 nitrogen and oxygen atoms in total. The maximum atomic E-state index is 12.1. The summed E-state index contributed by atoms with van der Waals surface area (Å²) in [6.45, 7) is 1.16. The molecular formula is C13H7N3O3. The Hall–Kier alpha value is -3.12. The number of fused-ring (bicyclic) bond motifs is 1. The minimum absolute atomic E-state index is 0.0538. The molecule has 0 unspecified atom stereocenters. The molecule has 19 heavy (non-hydrogen) atoms. The maximum absolute atomic E-state index is 12.1. The van der Waals surface area contributed by atoms with Crippen molar-refractivity contribution in [1.82, 2.24) is 0 Å². The highest BCUT2D eigenvalue weighted by molar-refractivity contribution is 6.33. The van der Waals surface area contributed by atoms with E-state index in [2.05, 4.69) is 0 Å². The van der Waals surface area contributed by atoms with Crippen LogP contribution in [0.2, 0.25) is 0 Å². The number of amides is 1. The first kappa shape index (κ1) is 12.3. The van der Waals surface area contributed by atoms with Crippen LogP contribution in [-0.4, -0.2) is 11.9 Å². The Kier molecular flexibility index (Phi) is 3.01. The van der Waals surface area contributed by atoms with Gasteiger partial charge in [-0.05, 0) is 6.07 Å². The monoisotopic (exact) mass is 253 g/mol. The van der Waals surface area contributed by atoms with E-state index in [-0.39, 0.29) is 11.1 Å². The number of hydrogen-bond acceptors (Lipinski definition) is 5. The minimum atomic E-state index is -0.700. The van der Waals surface area contributed by atoms with E-state index in [9.17, 15) is 9.59 Å². The number of carbonyl (C=O) groups is 2. The van der Waals surface area contributed by atoms with E-state index >= 15 is 0 Å². The SMILES string of the molecule is CC(=O)ON1C(=O)C(=C(C#N)C#N)c2ccccc21. The number of hydroxylamine groups is 1. The van der Waals surface area contributed by atoms with Crippen molar-refractivity contribution in [3.8, 4) is 12.1 Å². The van der Waals surface area contributed by atoms with E-state index in [0.29, 0.717) is 11.3 Å². The van der Waals surface area contributed by atoms with Gasteiger partial charge >= 0.3 is 5.97 Å². The van der Waals surface area contributed by atoms with E-state index in [1.807, 2.05) is 0 Å². The molecule has 0 N–H and O–H groups in total. The molecule has 1 aliphatic heterocycles. The Balaban J connectivity index is 2.67. The van der Waals surface area contributed by atoms with Crippen LogP contribution in [0.1, 0.15) is 12.5 Å². The molecule has 92 valence electrons. The number of nitriles is 2. The van der Waals surface area contributed by atoms with E-state index in [1.54, 1.807) is 36.4 Å². The molecule has 0 aromatic heterocycles. The molecule has 1 aromatic carbocycles. The summed E-state index contributed by atoms with van der Waals surface area (Å²) in [5.74, 6) is -1.37. The first-order valence-electron chi connectivity index (χ1n) is 5.27. The fourth-order valence-electron chi connectivity index (χ4n) is 1.79. The average Bonchev–Trinajstić information content (AvgIpc) is 2.66. The Bertz CT molecular complexity index is 676. The zero-order valence-corrected chi connectivity index (χ0v) is 9.88. The summed E-state index contributed by atoms with van der Waals surface area (Å²) in [5, 5.41) is 18.6. The molecule has 0 saturated carbocycles. The van der Waals surface area contributed by atoms with E-state index in [4.69, 9.17) is 15.4 Å². The molecule has 1 amide bonds. The molecule has 0 fully saturated rings. The number of nitrogens with zero attached hydrogens (tertiary/aromatic N) is 3. The maximum Gasteiger partial charge on any atom is 0.330 e. The van der Waals surface area contributed by atoms with E-state index < -0.39 is 11.9 Å². The van der Waals surface area contributed by atoms with Crippen LogP contribution in [0.4, 0.5) is 5.69 Å². The number of carbonyl (C=O) groups excluding carboxylic acids is 2. The second kappa shape index (κ2) is 4.63. The zero-order chi connectivity index (χ0) is 14.0. The highest BCUT2D eigenvalue weighted by Gasteiger charge is 2.37. The van der Waals surface area contributed by atoms with E-state index in [1.165, 1.54) is 0 Å². The fraction of sp³-hybridized carbons (Fsp3) is 0.0769. The molecule has 2 rings (SSSR count). The highest BCUT2D eigenvalue weighted by atomic mass is 16.7. The molecule has 1 heterocycles. The number of allylic oxidation sites excluding steroid dienone is 1. The Labute approximate surface area is 108 Å². The van der Waals surface area contributed by atoms with Crippen LogP contribution in [0.3, 0.4) is 0 Å². The molecule has 0 saturated heterocycles. The van der Waals surface area contributed by atoms with Crippen LogP contribution in [-0.2, 0) is 14.4 Å². The molecule has 1 aliphatic rings. The number of para-hydroxylation sites is 1. The summed E-state index contributed by atoms with van der Waals surface area (Å²) < 4.78 is 0. The first-order chi connectivity index (χ1) is 9.10. The predicted octanol–water partition coefficient (Wildman–Crippen LogP) is 1.31. The second-order valence-electron chi connectivity index (χ2n) is 3.67. The first-order valence-corrected chi connectivity index (χ1v) is 5.27. The van der Waals surface area contributed by atoms with Gasteiger partial charge in [-0.25, -0.2) is 4.79 Å². The van der Waals surface area contributed by atoms with Crippen molar-refractivity contribution < 1.29 is 14.4 Å². The normalized spacial score (nSPS) is 12.5. The Morgan fingerprint density at radius 2 is 1.89 bits per heavy atom. The molecule has 1 aromatic rings. The summed E-state index contributed by atoms with van der Waals surface area (Å²) in [4.78, 5) is 28.0. The van der Waals surface area contributed by atoms with Crippen LogP contribution < -0.4 is 5.06 Å². The Morgan fingerprint density at radius 1 is 1.26 bits per heavy atom. The smallest absolute Gasteiger partial charge is 0.330 e. The van der Waals surface area contributed by atoms with Crippen molar-refractivity contribution in [1.29, 1.82) is 10.5 Å². The quantitative estimate of drug-likeness (QED) is 0.555. The largest absolute Gasteiger partial charge is 0.333 e. The van der Waals surface area contributed by atoms with Gasteiger partial charge in [0.1, 0.15) is 17.7 Å². The zero-order valence-electron chi connectivity index (χ0n) is 9.88. The number of rotatable bonds is 1. The molecule has 0 atom stereocenters. The van der Waals surface area contributed by atoms with Crippen molar-refractivity contribution in [3.05, 3.63) is 35.4 Å².